The standard InChI is InChI=1S/C30H32N6O5S/c1-42(39,40)24-11-21(14-31-17-24)29(38)33-16-22-12-27-20(15-32-22)5-6-26(34-27)25-3-2-4-28(35-25)36-9-7-30(8-10-36)13-23(18-37)41-19-30/h2-6,11-12,14-15,17,23,37H,7-10,13,16,18-19H2,1H3,(H,33,38)/t23-/m1/s1. The molecule has 4 aromatic rings. The van der Waals surface area contributed by atoms with E-state index in [4.69, 9.17) is 14.7 Å². The van der Waals surface area contributed by atoms with E-state index < -0.39 is 15.7 Å². The van der Waals surface area contributed by atoms with E-state index in [1.165, 1.54) is 18.5 Å². The molecule has 0 aliphatic carbocycles. The first-order chi connectivity index (χ1) is 20.2. The number of nitrogens with zero attached hydrogens (tertiary/aromatic N) is 5. The van der Waals surface area contributed by atoms with Gasteiger partial charge in [-0.2, -0.15) is 0 Å². The van der Waals surface area contributed by atoms with Gasteiger partial charge >= 0.3 is 0 Å². The molecule has 2 N–H and O–H groups in total. The van der Waals surface area contributed by atoms with Gasteiger partial charge in [-0.1, -0.05) is 6.07 Å². The number of hydrogen-bond acceptors (Lipinski definition) is 10. The Morgan fingerprint density at radius 2 is 1.90 bits per heavy atom. The first-order valence-electron chi connectivity index (χ1n) is 13.9. The molecule has 2 aliphatic heterocycles. The number of nitrogens with one attached hydrogen (secondary N) is 1. The Labute approximate surface area is 243 Å². The van der Waals surface area contributed by atoms with Crippen LogP contribution in [0.1, 0.15) is 35.3 Å². The van der Waals surface area contributed by atoms with Crippen molar-refractivity contribution in [2.75, 3.05) is 37.5 Å². The Bertz CT molecular complexity index is 1740. The van der Waals surface area contributed by atoms with Crippen LogP contribution in [-0.4, -0.2) is 78.0 Å². The van der Waals surface area contributed by atoms with Crippen LogP contribution in [0.15, 0.2) is 66.0 Å². The fourth-order valence-corrected chi connectivity index (χ4v) is 6.22. The smallest absolute Gasteiger partial charge is 0.253 e. The zero-order valence-electron chi connectivity index (χ0n) is 23.2. The van der Waals surface area contributed by atoms with Crippen molar-refractivity contribution in [2.45, 2.75) is 36.8 Å². The lowest BCUT2D eigenvalue weighted by molar-refractivity contribution is 0.0506. The molecule has 1 amide bonds. The highest BCUT2D eigenvalue weighted by atomic mass is 32.2. The summed E-state index contributed by atoms with van der Waals surface area (Å²) in [4.78, 5) is 33.0. The Kier molecular flexibility index (Phi) is 7.60. The minimum atomic E-state index is -3.48. The van der Waals surface area contributed by atoms with Crippen LogP contribution in [0.3, 0.4) is 0 Å². The summed E-state index contributed by atoms with van der Waals surface area (Å²) in [5, 5.41) is 13.1. The van der Waals surface area contributed by atoms with E-state index in [2.05, 4.69) is 20.2 Å². The molecule has 6 rings (SSSR count). The van der Waals surface area contributed by atoms with Crippen LogP contribution in [-0.2, 0) is 21.1 Å². The number of sulfone groups is 1. The van der Waals surface area contributed by atoms with Gasteiger partial charge in [0.1, 0.15) is 5.82 Å². The Hall–Kier alpha value is -4.00. The van der Waals surface area contributed by atoms with Crippen molar-refractivity contribution < 1.29 is 23.1 Å². The summed E-state index contributed by atoms with van der Waals surface area (Å²) >= 11 is 0. The second-order valence-electron chi connectivity index (χ2n) is 11.1. The number of rotatable bonds is 7. The minimum absolute atomic E-state index is 0.0165. The maximum Gasteiger partial charge on any atom is 0.253 e. The van der Waals surface area contributed by atoms with Gasteiger partial charge in [0.15, 0.2) is 9.84 Å². The molecular weight excluding hydrogens is 556 g/mol. The van der Waals surface area contributed by atoms with Gasteiger partial charge in [0.25, 0.3) is 5.91 Å². The number of ether oxygens (including phenoxy) is 1. The number of carbonyl (C=O) groups is 1. The summed E-state index contributed by atoms with van der Waals surface area (Å²) < 4.78 is 29.4. The molecular formula is C30H32N6O5S. The molecule has 218 valence electrons. The molecule has 4 aromatic heterocycles. The molecule has 1 spiro atoms. The molecule has 0 radical (unpaired) electrons. The third-order valence-electron chi connectivity index (χ3n) is 8.10. The van der Waals surface area contributed by atoms with Crippen molar-refractivity contribution in [1.82, 2.24) is 25.3 Å². The Balaban J connectivity index is 1.15. The second kappa shape index (κ2) is 11.3. The van der Waals surface area contributed by atoms with Crippen molar-refractivity contribution in [1.29, 1.82) is 0 Å². The summed E-state index contributed by atoms with van der Waals surface area (Å²) in [6, 6.07) is 13.0. The van der Waals surface area contributed by atoms with Crippen molar-refractivity contribution in [3.05, 3.63) is 72.3 Å². The van der Waals surface area contributed by atoms with Gasteiger partial charge in [-0.3, -0.25) is 14.8 Å². The first kappa shape index (κ1) is 28.1. The van der Waals surface area contributed by atoms with E-state index >= 15 is 0 Å². The maximum atomic E-state index is 12.6. The first-order valence-corrected chi connectivity index (χ1v) is 15.7. The number of aliphatic hydroxyl groups is 1. The van der Waals surface area contributed by atoms with Crippen LogP contribution >= 0.6 is 0 Å². The maximum absolute atomic E-state index is 12.6. The van der Waals surface area contributed by atoms with E-state index in [0.29, 0.717) is 12.3 Å². The van der Waals surface area contributed by atoms with E-state index in [1.807, 2.05) is 36.4 Å². The van der Waals surface area contributed by atoms with Crippen LogP contribution in [0, 0.1) is 5.41 Å². The highest BCUT2D eigenvalue weighted by molar-refractivity contribution is 7.90. The molecule has 6 heterocycles. The minimum Gasteiger partial charge on any atom is -0.394 e. The van der Waals surface area contributed by atoms with Gasteiger partial charge in [-0.05, 0) is 61.1 Å². The van der Waals surface area contributed by atoms with Gasteiger partial charge in [-0.25, -0.2) is 18.4 Å². The van der Waals surface area contributed by atoms with E-state index in [0.717, 1.165) is 66.7 Å². The SMILES string of the molecule is CS(=O)(=O)c1cncc(C(=O)NCc2cc3nc(-c4cccc(N5CCC6(CC5)CO[C@@H](CO)C6)n4)ccc3cn2)c1. The zero-order chi connectivity index (χ0) is 29.3. The quantitative estimate of drug-likeness (QED) is 0.330. The highest BCUT2D eigenvalue weighted by Crippen LogP contribution is 2.42. The Morgan fingerprint density at radius 1 is 1.10 bits per heavy atom. The third-order valence-corrected chi connectivity index (χ3v) is 9.18. The van der Waals surface area contributed by atoms with Gasteiger partial charge in [0, 0.05) is 43.3 Å². The van der Waals surface area contributed by atoms with E-state index in [9.17, 15) is 18.3 Å². The molecule has 12 heteroatoms. The molecule has 2 aliphatic rings. The number of amides is 1. The molecule has 2 fully saturated rings. The summed E-state index contributed by atoms with van der Waals surface area (Å²) in [6.45, 7) is 2.71. The van der Waals surface area contributed by atoms with Crippen LogP contribution < -0.4 is 10.2 Å². The molecule has 42 heavy (non-hydrogen) atoms. The normalized spacial score (nSPS) is 18.4. The Morgan fingerprint density at radius 3 is 2.67 bits per heavy atom. The lowest BCUT2D eigenvalue weighted by Gasteiger charge is -2.39. The average molecular weight is 589 g/mol. The third kappa shape index (κ3) is 5.96. The summed E-state index contributed by atoms with van der Waals surface area (Å²) in [5.74, 6) is 0.462. The summed E-state index contributed by atoms with van der Waals surface area (Å²) in [6.07, 6.45) is 8.21. The largest absolute Gasteiger partial charge is 0.394 e. The number of fused-ring (bicyclic) bond motifs is 1. The zero-order valence-corrected chi connectivity index (χ0v) is 24.0. The molecule has 0 unspecified atom stereocenters. The predicted octanol–water partition coefficient (Wildman–Crippen LogP) is 2.79. The molecule has 11 nitrogen and oxygen atoms in total. The van der Waals surface area contributed by atoms with Gasteiger partial charge in [0.05, 0.1) is 58.9 Å². The van der Waals surface area contributed by atoms with Crippen LogP contribution in [0.4, 0.5) is 5.82 Å². The van der Waals surface area contributed by atoms with Crippen molar-refractivity contribution in [3.63, 3.8) is 0 Å². The van der Waals surface area contributed by atoms with Crippen LogP contribution in [0.25, 0.3) is 22.3 Å². The molecule has 2 saturated heterocycles. The number of aliphatic hydroxyl groups excluding tert-OH is 1. The number of pyridine rings is 4. The van der Waals surface area contributed by atoms with Crippen LogP contribution in [0.2, 0.25) is 0 Å². The van der Waals surface area contributed by atoms with Crippen molar-refractivity contribution in [3.8, 4) is 11.4 Å². The lowest BCUT2D eigenvalue weighted by Crippen LogP contribution is -2.41. The van der Waals surface area contributed by atoms with Gasteiger partial charge < -0.3 is 20.1 Å². The highest BCUT2D eigenvalue weighted by Gasteiger charge is 2.42. The summed E-state index contributed by atoms with van der Waals surface area (Å²) in [7, 11) is -3.48. The fourth-order valence-electron chi connectivity index (χ4n) is 5.63. The number of aromatic nitrogens is 4. The second-order valence-corrected chi connectivity index (χ2v) is 13.1. The van der Waals surface area contributed by atoms with Crippen LogP contribution in [0.5, 0.6) is 0 Å². The average Bonchev–Trinajstić information content (AvgIpc) is 3.42. The molecule has 0 bridgehead atoms. The molecule has 0 aromatic carbocycles. The monoisotopic (exact) mass is 588 g/mol. The van der Waals surface area contributed by atoms with Crippen molar-refractivity contribution in [2.24, 2.45) is 5.41 Å². The summed E-state index contributed by atoms with van der Waals surface area (Å²) in [5.41, 5.74) is 3.14. The topological polar surface area (TPSA) is 148 Å². The molecule has 1 atom stereocenters. The van der Waals surface area contributed by atoms with Gasteiger partial charge in [0.2, 0.25) is 0 Å². The predicted molar refractivity (Wildman–Crippen MR) is 157 cm³/mol. The van der Waals surface area contributed by atoms with E-state index in [-0.39, 0.29) is 35.1 Å². The lowest BCUT2D eigenvalue weighted by atomic mass is 9.77. The van der Waals surface area contributed by atoms with Crippen molar-refractivity contribution >= 4 is 32.5 Å². The van der Waals surface area contributed by atoms with E-state index in [1.54, 1.807) is 6.20 Å². The van der Waals surface area contributed by atoms with Gasteiger partial charge in [-0.15, -0.1) is 0 Å². The fraction of sp³-hybridized carbons (Fsp3) is 0.367. The molecule has 0 saturated carbocycles. The number of piperidine rings is 1. The number of anilines is 1. The number of carbonyl (C=O) groups excluding carboxylic acids is 1. The number of hydrogen-bond donors (Lipinski definition) is 2.